The van der Waals surface area contributed by atoms with E-state index in [4.69, 9.17) is 0 Å². The van der Waals surface area contributed by atoms with Crippen molar-refractivity contribution in [1.82, 2.24) is 14.8 Å². The van der Waals surface area contributed by atoms with E-state index < -0.39 is 23.5 Å². The van der Waals surface area contributed by atoms with Crippen LogP contribution < -0.4 is 0 Å². The second kappa shape index (κ2) is 8.31. The third-order valence-electron chi connectivity index (χ3n) is 4.66. The number of nitrogens with zero attached hydrogens (tertiary/aromatic N) is 3. The van der Waals surface area contributed by atoms with Crippen LogP contribution in [0.1, 0.15) is 23.6 Å². The Kier molecular flexibility index (Phi) is 5.84. The predicted molar refractivity (Wildman–Crippen MR) is 103 cm³/mol. The largest absolute Gasteiger partial charge is 0.507 e. The summed E-state index contributed by atoms with van der Waals surface area (Å²) in [5.74, 6) is -2.22. The maximum atomic E-state index is 13.9. The number of carbonyl (C=O) groups is 2. The van der Waals surface area contributed by atoms with Crippen LogP contribution in [0.3, 0.4) is 0 Å². The number of halogens is 1. The van der Waals surface area contributed by atoms with E-state index in [2.05, 4.69) is 4.98 Å². The second-order valence-electron chi connectivity index (χ2n) is 6.94. The number of ketones is 1. The Balaban J connectivity index is 2.08. The molecular formula is C21H22FN3O3. The third-order valence-corrected chi connectivity index (χ3v) is 4.66. The third kappa shape index (κ3) is 3.94. The fourth-order valence-corrected chi connectivity index (χ4v) is 3.36. The number of amides is 1. The average molecular weight is 383 g/mol. The van der Waals surface area contributed by atoms with Gasteiger partial charge in [-0.1, -0.05) is 12.1 Å². The van der Waals surface area contributed by atoms with Gasteiger partial charge in [0.05, 0.1) is 11.6 Å². The van der Waals surface area contributed by atoms with Crippen molar-refractivity contribution in [3.8, 4) is 0 Å². The van der Waals surface area contributed by atoms with Gasteiger partial charge in [0.2, 0.25) is 0 Å². The van der Waals surface area contributed by atoms with Crippen LogP contribution in [0.4, 0.5) is 4.39 Å². The molecular weight excluding hydrogens is 361 g/mol. The molecule has 6 nitrogen and oxygen atoms in total. The molecule has 1 saturated heterocycles. The highest BCUT2D eigenvalue weighted by molar-refractivity contribution is 6.46. The lowest BCUT2D eigenvalue weighted by atomic mass is 9.95. The van der Waals surface area contributed by atoms with Crippen molar-refractivity contribution in [2.24, 2.45) is 0 Å². The zero-order valence-electron chi connectivity index (χ0n) is 15.8. The molecule has 1 unspecified atom stereocenters. The van der Waals surface area contributed by atoms with Gasteiger partial charge in [0.15, 0.2) is 0 Å². The first-order chi connectivity index (χ1) is 13.4. The molecule has 146 valence electrons. The van der Waals surface area contributed by atoms with Gasteiger partial charge in [-0.3, -0.25) is 14.6 Å². The molecule has 7 heteroatoms. The van der Waals surface area contributed by atoms with Crippen molar-refractivity contribution in [3.05, 3.63) is 71.3 Å². The Bertz CT molecular complexity index is 912. The lowest BCUT2D eigenvalue weighted by Crippen LogP contribution is -2.32. The Morgan fingerprint density at radius 1 is 1.21 bits per heavy atom. The Morgan fingerprint density at radius 3 is 2.57 bits per heavy atom. The number of carbonyl (C=O) groups excluding carboxylic acids is 2. The summed E-state index contributed by atoms with van der Waals surface area (Å²) in [6.07, 6.45) is 3.61. The highest BCUT2D eigenvalue weighted by Crippen LogP contribution is 2.39. The molecule has 0 bridgehead atoms. The topological polar surface area (TPSA) is 73.7 Å². The molecule has 1 atom stereocenters. The van der Waals surface area contributed by atoms with E-state index in [0.29, 0.717) is 24.1 Å². The van der Waals surface area contributed by atoms with Crippen molar-refractivity contribution in [2.75, 3.05) is 27.2 Å². The molecule has 28 heavy (non-hydrogen) atoms. The van der Waals surface area contributed by atoms with Gasteiger partial charge in [0, 0.05) is 24.5 Å². The first-order valence-electron chi connectivity index (χ1n) is 8.99. The number of rotatable bonds is 6. The van der Waals surface area contributed by atoms with Crippen molar-refractivity contribution >= 4 is 17.4 Å². The molecule has 1 aliphatic heterocycles. The van der Waals surface area contributed by atoms with Crippen LogP contribution in [0.5, 0.6) is 0 Å². The lowest BCUT2D eigenvalue weighted by Gasteiger charge is -2.26. The van der Waals surface area contributed by atoms with Gasteiger partial charge in [-0.25, -0.2) is 4.39 Å². The smallest absolute Gasteiger partial charge is 0.295 e. The van der Waals surface area contributed by atoms with Gasteiger partial charge in [0.1, 0.15) is 11.6 Å². The standard InChI is InChI=1S/C21H22FN3O3/c1-24(2)11-4-12-25-18(15-5-3-6-16(22)13-15)17(20(27)21(25)28)19(26)14-7-9-23-10-8-14/h3,5-10,13,18,26H,4,11-12H2,1-2H3/b19-17-. The molecule has 2 heterocycles. The molecule has 0 radical (unpaired) electrons. The molecule has 0 spiro atoms. The Hall–Kier alpha value is -3.06. The van der Waals surface area contributed by atoms with Gasteiger partial charge in [-0.15, -0.1) is 0 Å². The molecule has 3 rings (SSSR count). The molecule has 2 aromatic rings. The summed E-state index contributed by atoms with van der Waals surface area (Å²) in [5, 5.41) is 10.8. The number of aromatic nitrogens is 1. The monoisotopic (exact) mass is 383 g/mol. The molecule has 0 saturated carbocycles. The lowest BCUT2D eigenvalue weighted by molar-refractivity contribution is -0.139. The number of pyridine rings is 1. The van der Waals surface area contributed by atoms with Crippen molar-refractivity contribution in [3.63, 3.8) is 0 Å². The van der Waals surface area contributed by atoms with E-state index in [1.165, 1.54) is 35.5 Å². The first-order valence-corrected chi connectivity index (χ1v) is 8.99. The Morgan fingerprint density at radius 2 is 1.93 bits per heavy atom. The van der Waals surface area contributed by atoms with E-state index in [9.17, 15) is 19.1 Å². The van der Waals surface area contributed by atoms with Gasteiger partial charge in [-0.2, -0.15) is 0 Å². The average Bonchev–Trinajstić information content (AvgIpc) is 2.93. The number of hydrogen-bond acceptors (Lipinski definition) is 5. The van der Waals surface area contributed by atoms with Gasteiger partial charge in [0.25, 0.3) is 11.7 Å². The summed E-state index contributed by atoms with van der Waals surface area (Å²) >= 11 is 0. The fraction of sp³-hybridized carbons (Fsp3) is 0.286. The number of benzene rings is 1. The number of aliphatic hydroxyl groups excluding tert-OH is 1. The quantitative estimate of drug-likeness (QED) is 0.472. The molecule has 1 fully saturated rings. The summed E-state index contributed by atoms with van der Waals surface area (Å²) in [5.41, 5.74) is 0.786. The van der Waals surface area contributed by atoms with E-state index in [0.717, 1.165) is 6.54 Å². The number of aliphatic hydroxyl groups is 1. The summed E-state index contributed by atoms with van der Waals surface area (Å²) in [4.78, 5) is 32.8. The summed E-state index contributed by atoms with van der Waals surface area (Å²) in [6.45, 7) is 1.04. The van der Waals surface area contributed by atoms with Gasteiger partial charge in [-0.05, 0) is 56.9 Å². The number of likely N-dealkylation sites (tertiary alicyclic amines) is 1. The zero-order valence-corrected chi connectivity index (χ0v) is 15.8. The van der Waals surface area contributed by atoms with E-state index in [1.807, 2.05) is 19.0 Å². The Labute approximate surface area is 162 Å². The zero-order chi connectivity index (χ0) is 20.3. The molecule has 1 aliphatic rings. The van der Waals surface area contributed by atoms with Crippen molar-refractivity contribution < 1.29 is 19.1 Å². The van der Waals surface area contributed by atoms with Crippen LogP contribution in [0, 0.1) is 5.82 Å². The molecule has 1 aromatic heterocycles. The minimum absolute atomic E-state index is 0.0355. The summed E-state index contributed by atoms with van der Waals surface area (Å²) < 4.78 is 13.9. The summed E-state index contributed by atoms with van der Waals surface area (Å²) in [7, 11) is 3.84. The number of hydrogen-bond donors (Lipinski definition) is 1. The van der Waals surface area contributed by atoms with E-state index >= 15 is 0 Å². The SMILES string of the molecule is CN(C)CCCN1C(=O)C(=O)/C(=C(\O)c2ccncc2)C1c1cccc(F)c1. The maximum Gasteiger partial charge on any atom is 0.295 e. The van der Waals surface area contributed by atoms with E-state index in [1.54, 1.807) is 18.2 Å². The highest BCUT2D eigenvalue weighted by Gasteiger charge is 2.45. The maximum absolute atomic E-state index is 13.9. The van der Waals surface area contributed by atoms with Crippen LogP contribution >= 0.6 is 0 Å². The van der Waals surface area contributed by atoms with E-state index in [-0.39, 0.29) is 11.3 Å². The van der Waals surface area contributed by atoms with Crippen LogP contribution in [-0.4, -0.2) is 58.8 Å². The normalized spacial score (nSPS) is 18.9. The van der Waals surface area contributed by atoms with Crippen molar-refractivity contribution in [1.29, 1.82) is 0 Å². The van der Waals surface area contributed by atoms with Crippen molar-refractivity contribution in [2.45, 2.75) is 12.5 Å². The van der Waals surface area contributed by atoms with Crippen LogP contribution in [0.15, 0.2) is 54.4 Å². The van der Waals surface area contributed by atoms with Crippen LogP contribution in [-0.2, 0) is 9.59 Å². The second-order valence-corrected chi connectivity index (χ2v) is 6.94. The highest BCUT2D eigenvalue weighted by atomic mass is 19.1. The minimum atomic E-state index is -0.842. The molecule has 1 amide bonds. The first kappa shape index (κ1) is 19.7. The van der Waals surface area contributed by atoms with Gasteiger partial charge >= 0.3 is 0 Å². The molecule has 1 N–H and O–H groups in total. The summed E-state index contributed by atoms with van der Waals surface area (Å²) in [6, 6.07) is 8.02. The van der Waals surface area contributed by atoms with Crippen LogP contribution in [0.2, 0.25) is 0 Å². The molecule has 1 aromatic carbocycles. The van der Waals surface area contributed by atoms with Crippen LogP contribution in [0.25, 0.3) is 5.76 Å². The fourth-order valence-electron chi connectivity index (χ4n) is 3.36. The minimum Gasteiger partial charge on any atom is -0.507 e. The number of Topliss-reactive ketones (excluding diaryl/α,β-unsaturated/α-hetero) is 1. The van der Waals surface area contributed by atoms with Gasteiger partial charge < -0.3 is 14.9 Å². The predicted octanol–water partition coefficient (Wildman–Crippen LogP) is 2.59. The molecule has 0 aliphatic carbocycles.